The quantitative estimate of drug-likeness (QED) is 0.628. The zero-order chi connectivity index (χ0) is 12.8. The van der Waals surface area contributed by atoms with Gasteiger partial charge in [0.2, 0.25) is 11.9 Å². The van der Waals surface area contributed by atoms with Crippen molar-refractivity contribution in [2.45, 2.75) is 31.7 Å². The third-order valence-electron chi connectivity index (χ3n) is 2.71. The van der Waals surface area contributed by atoms with Crippen molar-refractivity contribution in [3.05, 3.63) is 12.3 Å². The molecule has 0 unspecified atom stereocenters. The van der Waals surface area contributed by atoms with Gasteiger partial charge in [0, 0.05) is 32.3 Å². The Morgan fingerprint density at radius 1 is 1.50 bits per heavy atom. The average Bonchev–Trinajstić information content (AvgIpc) is 3.19. The molecule has 0 saturated heterocycles. The van der Waals surface area contributed by atoms with E-state index in [9.17, 15) is 4.79 Å². The van der Waals surface area contributed by atoms with Crippen LogP contribution in [0.1, 0.15) is 25.7 Å². The summed E-state index contributed by atoms with van der Waals surface area (Å²) in [4.78, 5) is 19.7. The fourth-order valence-corrected chi connectivity index (χ4v) is 1.57. The number of carbonyl (C=O) groups excluding carboxylic acids is 1. The molecule has 0 aromatic carbocycles. The van der Waals surface area contributed by atoms with Crippen LogP contribution in [0.5, 0.6) is 0 Å². The molecule has 6 heteroatoms. The molecule has 0 atom stereocenters. The van der Waals surface area contributed by atoms with Crippen LogP contribution in [-0.4, -0.2) is 35.5 Å². The molecule has 0 aliphatic heterocycles. The molecule has 1 amide bonds. The predicted octanol–water partition coefficient (Wildman–Crippen LogP) is 0.989. The lowest BCUT2D eigenvalue weighted by Gasteiger charge is -2.06. The summed E-state index contributed by atoms with van der Waals surface area (Å²) in [5.74, 6) is 1.52. The minimum atomic E-state index is 0.151. The first-order valence-electron chi connectivity index (χ1n) is 6.32. The Morgan fingerprint density at radius 3 is 3.06 bits per heavy atom. The summed E-state index contributed by atoms with van der Waals surface area (Å²) in [6.07, 6.45) is 5.33. The number of anilines is 2. The second-order valence-electron chi connectivity index (χ2n) is 4.39. The van der Waals surface area contributed by atoms with Crippen molar-refractivity contribution in [3.8, 4) is 0 Å². The van der Waals surface area contributed by atoms with Crippen LogP contribution in [0.3, 0.4) is 0 Å². The van der Waals surface area contributed by atoms with Gasteiger partial charge in [-0.05, 0) is 25.3 Å². The normalized spacial score (nSPS) is 14.1. The zero-order valence-corrected chi connectivity index (χ0v) is 10.6. The van der Waals surface area contributed by atoms with Gasteiger partial charge in [0.15, 0.2) is 0 Å². The fourth-order valence-electron chi connectivity index (χ4n) is 1.57. The predicted molar refractivity (Wildman–Crippen MR) is 70.5 cm³/mol. The van der Waals surface area contributed by atoms with Gasteiger partial charge in [-0.2, -0.15) is 4.98 Å². The lowest BCUT2D eigenvalue weighted by Crippen LogP contribution is -2.25. The van der Waals surface area contributed by atoms with Crippen molar-refractivity contribution in [1.29, 1.82) is 0 Å². The van der Waals surface area contributed by atoms with Gasteiger partial charge in [-0.15, -0.1) is 0 Å². The molecule has 1 aromatic heterocycles. The minimum Gasteiger partial charge on any atom is -0.370 e. The second-order valence-corrected chi connectivity index (χ2v) is 4.39. The molecular weight excluding hydrogens is 230 g/mol. The average molecular weight is 249 g/mol. The van der Waals surface area contributed by atoms with Gasteiger partial charge in [0.05, 0.1) is 0 Å². The van der Waals surface area contributed by atoms with Gasteiger partial charge in [-0.1, -0.05) is 0 Å². The highest BCUT2D eigenvalue weighted by Gasteiger charge is 2.22. The summed E-state index contributed by atoms with van der Waals surface area (Å²) in [5, 5.41) is 9.02. The Morgan fingerprint density at radius 2 is 2.33 bits per heavy atom. The molecule has 1 aromatic rings. The number of nitrogens with zero attached hydrogens (tertiary/aromatic N) is 2. The summed E-state index contributed by atoms with van der Waals surface area (Å²) in [5.41, 5.74) is 0. The number of rotatable bonds is 7. The van der Waals surface area contributed by atoms with Crippen LogP contribution in [0.2, 0.25) is 0 Å². The molecule has 2 rings (SSSR count). The maximum Gasteiger partial charge on any atom is 0.224 e. The third-order valence-corrected chi connectivity index (χ3v) is 2.71. The SMILES string of the molecule is CNc1nccc(NCCCC(=O)NC2CC2)n1. The molecule has 1 aliphatic carbocycles. The Kier molecular flexibility index (Phi) is 4.33. The summed E-state index contributed by atoms with van der Waals surface area (Å²) < 4.78 is 0. The lowest BCUT2D eigenvalue weighted by molar-refractivity contribution is -0.121. The van der Waals surface area contributed by atoms with Gasteiger partial charge in [0.1, 0.15) is 5.82 Å². The standard InChI is InChI=1S/C12H19N5O/c1-13-12-15-8-6-10(17-12)14-7-2-3-11(18)16-9-4-5-9/h6,8-9H,2-5,7H2,1H3,(H,16,18)(H2,13,14,15,17). The highest BCUT2D eigenvalue weighted by molar-refractivity contribution is 5.76. The number of nitrogens with one attached hydrogen (secondary N) is 3. The highest BCUT2D eigenvalue weighted by atomic mass is 16.1. The molecular formula is C12H19N5O. The van der Waals surface area contributed by atoms with E-state index < -0.39 is 0 Å². The van der Waals surface area contributed by atoms with Crippen molar-refractivity contribution in [1.82, 2.24) is 15.3 Å². The molecule has 6 nitrogen and oxygen atoms in total. The number of aromatic nitrogens is 2. The molecule has 0 bridgehead atoms. The Bertz CT molecular complexity index is 405. The molecule has 3 N–H and O–H groups in total. The molecule has 18 heavy (non-hydrogen) atoms. The summed E-state index contributed by atoms with van der Waals surface area (Å²) >= 11 is 0. The maximum absolute atomic E-state index is 11.4. The first-order chi connectivity index (χ1) is 8.78. The van der Waals surface area contributed by atoms with E-state index in [2.05, 4.69) is 25.9 Å². The van der Waals surface area contributed by atoms with Crippen LogP contribution in [-0.2, 0) is 4.79 Å². The van der Waals surface area contributed by atoms with E-state index in [0.717, 1.165) is 31.6 Å². The number of amides is 1. The van der Waals surface area contributed by atoms with Crippen LogP contribution in [0.15, 0.2) is 12.3 Å². The van der Waals surface area contributed by atoms with Crippen molar-refractivity contribution in [2.24, 2.45) is 0 Å². The smallest absolute Gasteiger partial charge is 0.224 e. The van der Waals surface area contributed by atoms with Gasteiger partial charge in [0.25, 0.3) is 0 Å². The van der Waals surface area contributed by atoms with Crippen LogP contribution in [0.4, 0.5) is 11.8 Å². The molecule has 1 saturated carbocycles. The van der Waals surface area contributed by atoms with E-state index in [0.29, 0.717) is 18.4 Å². The Balaban J connectivity index is 1.63. The van der Waals surface area contributed by atoms with E-state index in [1.807, 2.05) is 6.07 Å². The van der Waals surface area contributed by atoms with E-state index in [4.69, 9.17) is 0 Å². The number of hydrogen-bond donors (Lipinski definition) is 3. The van der Waals surface area contributed by atoms with Crippen LogP contribution < -0.4 is 16.0 Å². The maximum atomic E-state index is 11.4. The first kappa shape index (κ1) is 12.6. The van der Waals surface area contributed by atoms with Gasteiger partial charge < -0.3 is 16.0 Å². The monoisotopic (exact) mass is 249 g/mol. The highest BCUT2D eigenvalue weighted by Crippen LogP contribution is 2.18. The Hall–Kier alpha value is -1.85. The van der Waals surface area contributed by atoms with Crippen LogP contribution in [0, 0.1) is 0 Å². The molecule has 1 heterocycles. The van der Waals surface area contributed by atoms with Gasteiger partial charge >= 0.3 is 0 Å². The van der Waals surface area contributed by atoms with Crippen LogP contribution in [0.25, 0.3) is 0 Å². The molecule has 0 radical (unpaired) electrons. The molecule has 1 aliphatic rings. The molecule has 98 valence electrons. The topological polar surface area (TPSA) is 78.9 Å². The molecule has 1 fully saturated rings. The first-order valence-corrected chi connectivity index (χ1v) is 6.32. The van der Waals surface area contributed by atoms with Gasteiger partial charge in [-0.3, -0.25) is 4.79 Å². The van der Waals surface area contributed by atoms with Crippen molar-refractivity contribution < 1.29 is 4.79 Å². The Labute approximate surface area is 107 Å². The van der Waals surface area contributed by atoms with Gasteiger partial charge in [-0.25, -0.2) is 4.98 Å². The second kappa shape index (κ2) is 6.18. The fraction of sp³-hybridized carbons (Fsp3) is 0.583. The largest absolute Gasteiger partial charge is 0.370 e. The van der Waals surface area contributed by atoms with E-state index in [-0.39, 0.29) is 5.91 Å². The lowest BCUT2D eigenvalue weighted by atomic mass is 10.3. The minimum absolute atomic E-state index is 0.151. The van der Waals surface area contributed by atoms with Crippen molar-refractivity contribution in [3.63, 3.8) is 0 Å². The number of carbonyl (C=O) groups is 1. The molecule has 0 spiro atoms. The van der Waals surface area contributed by atoms with Crippen LogP contribution >= 0.6 is 0 Å². The van der Waals surface area contributed by atoms with E-state index >= 15 is 0 Å². The third kappa shape index (κ3) is 4.20. The number of hydrogen-bond acceptors (Lipinski definition) is 5. The summed E-state index contributed by atoms with van der Waals surface area (Å²) in [6, 6.07) is 2.26. The van der Waals surface area contributed by atoms with E-state index in [1.54, 1.807) is 13.2 Å². The van der Waals surface area contributed by atoms with E-state index in [1.165, 1.54) is 0 Å². The zero-order valence-electron chi connectivity index (χ0n) is 10.6. The van der Waals surface area contributed by atoms with Crippen molar-refractivity contribution >= 4 is 17.7 Å². The summed E-state index contributed by atoms with van der Waals surface area (Å²) in [7, 11) is 1.78. The van der Waals surface area contributed by atoms with Crippen molar-refractivity contribution in [2.75, 3.05) is 24.2 Å². The summed E-state index contributed by atoms with van der Waals surface area (Å²) in [6.45, 7) is 0.734.